The third-order valence-corrected chi connectivity index (χ3v) is 3.18. The second-order valence-corrected chi connectivity index (χ2v) is 5.10. The molecule has 2 aromatic carbocycles. The van der Waals surface area contributed by atoms with E-state index in [4.69, 9.17) is 10.00 Å². The molecule has 1 N–H and O–H groups in total. The molecule has 0 aliphatic rings. The van der Waals surface area contributed by atoms with Crippen molar-refractivity contribution >= 4 is 11.6 Å². The molecule has 2 rings (SSSR count). The maximum Gasteiger partial charge on any atom is 0.265 e. The Bertz CT molecular complexity index is 687. The van der Waals surface area contributed by atoms with E-state index in [9.17, 15) is 4.79 Å². The van der Waals surface area contributed by atoms with Crippen LogP contribution in [0.4, 0.5) is 5.69 Å². The van der Waals surface area contributed by atoms with E-state index in [1.54, 1.807) is 19.1 Å². The van der Waals surface area contributed by atoms with E-state index in [0.717, 1.165) is 11.1 Å². The summed E-state index contributed by atoms with van der Waals surface area (Å²) < 4.78 is 5.64. The molecular weight excluding hydrogens is 276 g/mol. The van der Waals surface area contributed by atoms with Crippen LogP contribution in [0, 0.1) is 18.3 Å². The number of carbonyl (C=O) groups excluding carboxylic acids is 1. The van der Waals surface area contributed by atoms with Crippen molar-refractivity contribution in [2.75, 3.05) is 5.32 Å². The molecule has 0 saturated carbocycles. The van der Waals surface area contributed by atoms with Crippen molar-refractivity contribution in [3.8, 4) is 11.8 Å². The standard InChI is InChI=1S/C18H18N2O2/c1-13-4-3-5-17(12-13)22-14(2)18(21)20-16-8-6-15(7-9-16)10-11-19/h3-9,12,14H,10H2,1-2H3,(H,20,21). The fraction of sp³-hybridized carbons (Fsp3) is 0.222. The maximum absolute atomic E-state index is 12.1. The van der Waals surface area contributed by atoms with E-state index >= 15 is 0 Å². The van der Waals surface area contributed by atoms with Crippen molar-refractivity contribution in [3.05, 3.63) is 59.7 Å². The van der Waals surface area contributed by atoms with Gasteiger partial charge in [-0.3, -0.25) is 4.79 Å². The van der Waals surface area contributed by atoms with Crippen LogP contribution in [-0.2, 0) is 11.2 Å². The minimum atomic E-state index is -0.597. The van der Waals surface area contributed by atoms with E-state index in [1.807, 2.05) is 43.3 Å². The maximum atomic E-state index is 12.1. The van der Waals surface area contributed by atoms with E-state index in [2.05, 4.69) is 11.4 Å². The zero-order chi connectivity index (χ0) is 15.9. The molecule has 112 valence electrons. The molecule has 22 heavy (non-hydrogen) atoms. The number of hydrogen-bond donors (Lipinski definition) is 1. The summed E-state index contributed by atoms with van der Waals surface area (Å²) in [5, 5.41) is 11.4. The summed E-state index contributed by atoms with van der Waals surface area (Å²) in [4.78, 5) is 12.1. The fourth-order valence-electron chi connectivity index (χ4n) is 1.99. The molecule has 0 spiro atoms. The van der Waals surface area contributed by atoms with Crippen LogP contribution in [0.5, 0.6) is 5.75 Å². The number of nitrogens with one attached hydrogen (secondary N) is 1. The van der Waals surface area contributed by atoms with Crippen molar-refractivity contribution in [2.24, 2.45) is 0 Å². The highest BCUT2D eigenvalue weighted by Crippen LogP contribution is 2.15. The molecular formula is C18H18N2O2. The average molecular weight is 294 g/mol. The normalized spacial score (nSPS) is 11.3. The van der Waals surface area contributed by atoms with E-state index < -0.39 is 6.10 Å². The number of nitrogens with zero attached hydrogens (tertiary/aromatic N) is 1. The minimum Gasteiger partial charge on any atom is -0.481 e. The minimum absolute atomic E-state index is 0.213. The third-order valence-electron chi connectivity index (χ3n) is 3.18. The number of hydrogen-bond acceptors (Lipinski definition) is 3. The summed E-state index contributed by atoms with van der Waals surface area (Å²) in [5.41, 5.74) is 2.69. The number of amides is 1. The van der Waals surface area contributed by atoms with Gasteiger partial charge in [-0.15, -0.1) is 0 Å². The van der Waals surface area contributed by atoms with Crippen LogP contribution in [-0.4, -0.2) is 12.0 Å². The van der Waals surface area contributed by atoms with Gasteiger partial charge in [-0.1, -0.05) is 24.3 Å². The van der Waals surface area contributed by atoms with Crippen molar-refractivity contribution in [2.45, 2.75) is 26.4 Å². The predicted molar refractivity (Wildman–Crippen MR) is 85.7 cm³/mol. The summed E-state index contributed by atoms with van der Waals surface area (Å²) in [5.74, 6) is 0.460. The van der Waals surface area contributed by atoms with Gasteiger partial charge in [0.2, 0.25) is 0 Å². The van der Waals surface area contributed by atoms with Crippen LogP contribution in [0.1, 0.15) is 18.1 Å². The Morgan fingerprint density at radius 1 is 1.27 bits per heavy atom. The number of carbonyl (C=O) groups is 1. The first-order chi connectivity index (χ1) is 10.6. The zero-order valence-electron chi connectivity index (χ0n) is 12.7. The molecule has 0 heterocycles. The zero-order valence-corrected chi connectivity index (χ0v) is 12.7. The molecule has 1 atom stereocenters. The lowest BCUT2D eigenvalue weighted by atomic mass is 10.1. The van der Waals surface area contributed by atoms with Crippen molar-refractivity contribution in [3.63, 3.8) is 0 Å². The summed E-state index contributed by atoms with van der Waals surface area (Å²) >= 11 is 0. The molecule has 4 nitrogen and oxygen atoms in total. The number of nitriles is 1. The Morgan fingerprint density at radius 3 is 2.64 bits per heavy atom. The van der Waals surface area contributed by atoms with Crippen molar-refractivity contribution < 1.29 is 9.53 Å². The molecule has 0 radical (unpaired) electrons. The molecule has 0 saturated heterocycles. The Labute approximate surface area is 130 Å². The highest BCUT2D eigenvalue weighted by Gasteiger charge is 2.14. The first-order valence-electron chi connectivity index (χ1n) is 7.08. The van der Waals surface area contributed by atoms with Crippen LogP contribution in [0.25, 0.3) is 0 Å². The summed E-state index contributed by atoms with van der Waals surface area (Å²) in [6.45, 7) is 3.68. The number of anilines is 1. The topological polar surface area (TPSA) is 62.1 Å². The predicted octanol–water partition coefficient (Wildman–Crippen LogP) is 3.47. The number of ether oxygens (including phenoxy) is 1. The smallest absolute Gasteiger partial charge is 0.265 e. The molecule has 0 aliphatic heterocycles. The van der Waals surface area contributed by atoms with E-state index in [1.165, 1.54) is 0 Å². The van der Waals surface area contributed by atoms with Gasteiger partial charge in [-0.25, -0.2) is 0 Å². The average Bonchev–Trinajstić information content (AvgIpc) is 2.49. The summed E-state index contributed by atoms with van der Waals surface area (Å²) in [7, 11) is 0. The Morgan fingerprint density at radius 2 is 2.00 bits per heavy atom. The lowest BCUT2D eigenvalue weighted by Crippen LogP contribution is -2.30. The molecule has 1 amide bonds. The van der Waals surface area contributed by atoms with Gasteiger partial charge in [-0.05, 0) is 49.2 Å². The summed E-state index contributed by atoms with van der Waals surface area (Å²) in [6, 6.07) is 16.9. The van der Waals surface area contributed by atoms with Gasteiger partial charge in [0.15, 0.2) is 6.10 Å². The molecule has 0 aliphatic carbocycles. The molecule has 0 fully saturated rings. The Kier molecular flexibility index (Phi) is 5.16. The second-order valence-electron chi connectivity index (χ2n) is 5.10. The molecule has 0 bridgehead atoms. The lowest BCUT2D eigenvalue weighted by Gasteiger charge is -2.15. The van der Waals surface area contributed by atoms with E-state index in [0.29, 0.717) is 17.9 Å². The molecule has 0 aromatic heterocycles. The Hall–Kier alpha value is -2.80. The van der Waals surface area contributed by atoms with Gasteiger partial charge in [0.25, 0.3) is 5.91 Å². The SMILES string of the molecule is Cc1cccc(OC(C)C(=O)Nc2ccc(CC#N)cc2)c1. The number of aryl methyl sites for hydroxylation is 1. The first-order valence-corrected chi connectivity index (χ1v) is 7.08. The van der Waals surface area contributed by atoms with Crippen LogP contribution >= 0.6 is 0 Å². The molecule has 4 heteroatoms. The quantitative estimate of drug-likeness (QED) is 0.918. The Balaban J connectivity index is 1.95. The van der Waals surface area contributed by atoms with Crippen molar-refractivity contribution in [1.29, 1.82) is 5.26 Å². The monoisotopic (exact) mass is 294 g/mol. The van der Waals surface area contributed by atoms with Crippen LogP contribution in [0.15, 0.2) is 48.5 Å². The van der Waals surface area contributed by atoms with Gasteiger partial charge in [-0.2, -0.15) is 5.26 Å². The highest BCUT2D eigenvalue weighted by molar-refractivity contribution is 5.94. The van der Waals surface area contributed by atoms with Gasteiger partial charge < -0.3 is 10.1 Å². The molecule has 1 unspecified atom stereocenters. The van der Waals surface area contributed by atoms with Gasteiger partial charge in [0, 0.05) is 5.69 Å². The summed E-state index contributed by atoms with van der Waals surface area (Å²) in [6.07, 6.45) is -0.234. The first kappa shape index (κ1) is 15.6. The van der Waals surface area contributed by atoms with Crippen molar-refractivity contribution in [1.82, 2.24) is 0 Å². The largest absolute Gasteiger partial charge is 0.481 e. The molecule has 2 aromatic rings. The van der Waals surface area contributed by atoms with Crippen LogP contribution in [0.2, 0.25) is 0 Å². The van der Waals surface area contributed by atoms with Gasteiger partial charge in [0.1, 0.15) is 5.75 Å². The highest BCUT2D eigenvalue weighted by atomic mass is 16.5. The third kappa shape index (κ3) is 4.35. The second kappa shape index (κ2) is 7.28. The van der Waals surface area contributed by atoms with E-state index in [-0.39, 0.29) is 5.91 Å². The van der Waals surface area contributed by atoms with Crippen LogP contribution in [0.3, 0.4) is 0 Å². The van der Waals surface area contributed by atoms with Gasteiger partial charge in [0.05, 0.1) is 12.5 Å². The number of rotatable bonds is 5. The number of benzene rings is 2. The van der Waals surface area contributed by atoms with Crippen LogP contribution < -0.4 is 10.1 Å². The lowest BCUT2D eigenvalue weighted by molar-refractivity contribution is -0.122. The van der Waals surface area contributed by atoms with Gasteiger partial charge >= 0.3 is 0 Å². The fourth-order valence-corrected chi connectivity index (χ4v) is 1.99.